The number of nitrogens with zero attached hydrogens (tertiary/aromatic N) is 1. The molecular weight excluding hydrogens is 174 g/mol. The topological polar surface area (TPSA) is 23.5 Å². The lowest BCUT2D eigenvalue weighted by Crippen LogP contribution is -2.18. The van der Waals surface area contributed by atoms with E-state index in [0.717, 1.165) is 11.3 Å². The van der Waals surface area contributed by atoms with Crippen LogP contribution in [0.1, 0.15) is 12.5 Å². The maximum atomic E-state index is 9.77. The average molecular weight is 189 g/mol. The van der Waals surface area contributed by atoms with Crippen LogP contribution in [0.2, 0.25) is 0 Å². The summed E-state index contributed by atoms with van der Waals surface area (Å²) in [5.74, 6) is 2.35. The summed E-state index contributed by atoms with van der Waals surface area (Å²) in [6.45, 7) is 1.61. The van der Waals surface area contributed by atoms with E-state index in [1.165, 1.54) is 0 Å². The van der Waals surface area contributed by atoms with Gasteiger partial charge in [-0.1, -0.05) is 18.1 Å². The quantitative estimate of drug-likeness (QED) is 0.714. The molecule has 1 aromatic rings. The number of hydrogen-bond acceptors (Lipinski definition) is 2. The molecule has 0 aliphatic carbocycles. The first-order chi connectivity index (χ1) is 6.47. The molecule has 0 aliphatic heterocycles. The van der Waals surface area contributed by atoms with Crippen LogP contribution in [0.4, 0.5) is 5.69 Å². The summed E-state index contributed by atoms with van der Waals surface area (Å²) in [6.07, 6.45) is 5.23. The average Bonchev–Trinajstić information content (AvgIpc) is 2.18. The van der Waals surface area contributed by atoms with Crippen LogP contribution < -0.4 is 4.90 Å². The van der Waals surface area contributed by atoms with Gasteiger partial charge in [0.05, 0.1) is 0 Å². The maximum Gasteiger partial charge on any atom is 0.147 e. The molecule has 1 rings (SSSR count). The number of benzene rings is 1. The molecule has 0 fully saturated rings. The summed E-state index contributed by atoms with van der Waals surface area (Å²) in [7, 11) is 3.93. The normalized spacial score (nSPS) is 14.2. The largest absolute Gasteiger partial charge is 0.378 e. The molecule has 1 atom stereocenters. The Hall–Kier alpha value is -1.46. The van der Waals surface area contributed by atoms with Crippen molar-refractivity contribution >= 4 is 5.69 Å². The summed E-state index contributed by atoms with van der Waals surface area (Å²) < 4.78 is 0. The van der Waals surface area contributed by atoms with Gasteiger partial charge in [-0.25, -0.2) is 0 Å². The van der Waals surface area contributed by atoms with Gasteiger partial charge in [0.15, 0.2) is 0 Å². The van der Waals surface area contributed by atoms with Gasteiger partial charge in [0, 0.05) is 19.8 Å². The van der Waals surface area contributed by atoms with Crippen LogP contribution in [0.3, 0.4) is 0 Å². The van der Waals surface area contributed by atoms with Gasteiger partial charge >= 0.3 is 0 Å². The molecule has 0 radical (unpaired) electrons. The Bertz CT molecular complexity index is 344. The zero-order valence-electron chi connectivity index (χ0n) is 8.78. The van der Waals surface area contributed by atoms with Crippen LogP contribution in [-0.2, 0) is 5.60 Å². The van der Waals surface area contributed by atoms with Gasteiger partial charge in [0.25, 0.3) is 0 Å². The summed E-state index contributed by atoms with van der Waals surface area (Å²) in [4.78, 5) is 1.99. The maximum absolute atomic E-state index is 9.77. The molecule has 0 saturated heterocycles. The zero-order chi connectivity index (χ0) is 10.8. The molecule has 0 amide bonds. The molecule has 1 unspecified atom stereocenters. The van der Waals surface area contributed by atoms with Crippen molar-refractivity contribution in [2.24, 2.45) is 0 Å². The molecule has 1 aromatic carbocycles. The van der Waals surface area contributed by atoms with E-state index in [1.54, 1.807) is 6.92 Å². The van der Waals surface area contributed by atoms with Crippen molar-refractivity contribution in [3.63, 3.8) is 0 Å². The van der Waals surface area contributed by atoms with Crippen molar-refractivity contribution in [3.8, 4) is 12.3 Å². The number of terminal acetylenes is 1. The molecule has 1 N–H and O–H groups in total. The molecular formula is C12H15NO. The first-order valence-electron chi connectivity index (χ1n) is 4.45. The highest BCUT2D eigenvalue weighted by atomic mass is 16.3. The highest BCUT2D eigenvalue weighted by Crippen LogP contribution is 2.21. The second kappa shape index (κ2) is 3.73. The van der Waals surface area contributed by atoms with Gasteiger partial charge in [-0.3, -0.25) is 0 Å². The molecule has 0 aromatic heterocycles. The van der Waals surface area contributed by atoms with E-state index < -0.39 is 5.60 Å². The lowest BCUT2D eigenvalue weighted by Gasteiger charge is -2.18. The Kier molecular flexibility index (Phi) is 2.83. The van der Waals surface area contributed by atoms with Crippen LogP contribution >= 0.6 is 0 Å². The monoisotopic (exact) mass is 189 g/mol. The van der Waals surface area contributed by atoms with Crippen molar-refractivity contribution in [1.29, 1.82) is 0 Å². The van der Waals surface area contributed by atoms with E-state index in [2.05, 4.69) is 5.92 Å². The third kappa shape index (κ3) is 2.07. The van der Waals surface area contributed by atoms with Crippen LogP contribution in [0.25, 0.3) is 0 Å². The summed E-state index contributed by atoms with van der Waals surface area (Å²) in [5, 5.41) is 9.77. The Balaban J connectivity index is 3.01. The van der Waals surface area contributed by atoms with Crippen LogP contribution in [0.5, 0.6) is 0 Å². The number of anilines is 1. The first-order valence-corrected chi connectivity index (χ1v) is 4.45. The third-order valence-corrected chi connectivity index (χ3v) is 2.23. The SMILES string of the molecule is C#CC(C)(O)c1ccc(N(C)C)cc1. The van der Waals surface area contributed by atoms with Crippen LogP contribution in [0, 0.1) is 12.3 Å². The lowest BCUT2D eigenvalue weighted by atomic mass is 9.97. The van der Waals surface area contributed by atoms with E-state index in [4.69, 9.17) is 6.42 Å². The number of hydrogen-bond donors (Lipinski definition) is 1. The van der Waals surface area contributed by atoms with Crippen molar-refractivity contribution in [1.82, 2.24) is 0 Å². The van der Waals surface area contributed by atoms with Crippen molar-refractivity contribution in [3.05, 3.63) is 29.8 Å². The van der Waals surface area contributed by atoms with Crippen LogP contribution in [-0.4, -0.2) is 19.2 Å². The summed E-state index contributed by atoms with van der Waals surface area (Å²) in [6, 6.07) is 7.55. The fourth-order valence-corrected chi connectivity index (χ4v) is 1.17. The van der Waals surface area contributed by atoms with E-state index in [-0.39, 0.29) is 0 Å². The predicted octanol–water partition coefficient (Wildman–Crippen LogP) is 1.59. The minimum atomic E-state index is -1.18. The molecule has 0 bridgehead atoms. The molecule has 74 valence electrons. The number of rotatable bonds is 2. The predicted molar refractivity (Wildman–Crippen MR) is 59.2 cm³/mol. The molecule has 2 heteroatoms. The summed E-state index contributed by atoms with van der Waals surface area (Å²) in [5.41, 5.74) is 0.650. The highest BCUT2D eigenvalue weighted by molar-refractivity contribution is 5.47. The molecule has 0 aliphatic rings. The minimum Gasteiger partial charge on any atom is -0.378 e. The van der Waals surface area contributed by atoms with Gasteiger partial charge in [-0.05, 0) is 24.6 Å². The Labute approximate surface area is 85.2 Å². The molecule has 2 nitrogen and oxygen atoms in total. The molecule has 0 spiro atoms. The highest BCUT2D eigenvalue weighted by Gasteiger charge is 2.18. The number of aliphatic hydroxyl groups is 1. The van der Waals surface area contributed by atoms with E-state index in [1.807, 2.05) is 43.3 Å². The van der Waals surface area contributed by atoms with Gasteiger partial charge in [0.1, 0.15) is 5.60 Å². The molecule has 0 saturated carbocycles. The summed E-state index contributed by atoms with van der Waals surface area (Å²) >= 11 is 0. The van der Waals surface area contributed by atoms with E-state index in [0.29, 0.717) is 0 Å². The van der Waals surface area contributed by atoms with Crippen molar-refractivity contribution in [2.75, 3.05) is 19.0 Å². The molecule has 14 heavy (non-hydrogen) atoms. The first kappa shape index (κ1) is 10.6. The van der Waals surface area contributed by atoms with Crippen LogP contribution in [0.15, 0.2) is 24.3 Å². The Morgan fingerprint density at radius 3 is 2.14 bits per heavy atom. The zero-order valence-corrected chi connectivity index (χ0v) is 8.78. The van der Waals surface area contributed by atoms with Gasteiger partial charge in [-0.2, -0.15) is 0 Å². The second-order valence-corrected chi connectivity index (χ2v) is 3.66. The smallest absolute Gasteiger partial charge is 0.147 e. The lowest BCUT2D eigenvalue weighted by molar-refractivity contribution is 0.122. The molecule has 0 heterocycles. The minimum absolute atomic E-state index is 0.741. The van der Waals surface area contributed by atoms with Crippen molar-refractivity contribution < 1.29 is 5.11 Å². The Morgan fingerprint density at radius 2 is 1.79 bits per heavy atom. The fourth-order valence-electron chi connectivity index (χ4n) is 1.17. The second-order valence-electron chi connectivity index (χ2n) is 3.66. The van der Waals surface area contributed by atoms with Gasteiger partial charge in [0.2, 0.25) is 0 Å². The third-order valence-electron chi connectivity index (χ3n) is 2.23. The van der Waals surface area contributed by atoms with Gasteiger partial charge in [-0.15, -0.1) is 6.42 Å². The van der Waals surface area contributed by atoms with E-state index >= 15 is 0 Å². The fraction of sp³-hybridized carbons (Fsp3) is 0.333. The van der Waals surface area contributed by atoms with Crippen molar-refractivity contribution in [2.45, 2.75) is 12.5 Å². The standard InChI is InChI=1S/C12H15NO/c1-5-12(2,14)10-6-8-11(9-7-10)13(3)4/h1,6-9,14H,2-4H3. The van der Waals surface area contributed by atoms with Gasteiger partial charge < -0.3 is 10.0 Å². The van der Waals surface area contributed by atoms with E-state index in [9.17, 15) is 5.11 Å². The Morgan fingerprint density at radius 1 is 1.29 bits per heavy atom.